The maximum Gasteiger partial charge on any atom is 0.0234 e. The molecule has 2 rings (SSSR count). The summed E-state index contributed by atoms with van der Waals surface area (Å²) in [5.74, 6) is 2.52. The third-order valence-corrected chi connectivity index (χ3v) is 4.87. The van der Waals surface area contributed by atoms with Gasteiger partial charge in [-0.3, -0.25) is 4.90 Å². The van der Waals surface area contributed by atoms with Gasteiger partial charge in [-0.2, -0.15) is 11.8 Å². The summed E-state index contributed by atoms with van der Waals surface area (Å²) < 4.78 is 0. The highest BCUT2D eigenvalue weighted by Crippen LogP contribution is 2.14. The second-order valence-electron chi connectivity index (χ2n) is 5.76. The lowest BCUT2D eigenvalue weighted by atomic mass is 10.2. The molecule has 0 aromatic heterocycles. The molecule has 0 radical (unpaired) electrons. The van der Waals surface area contributed by atoms with Gasteiger partial charge in [-0.1, -0.05) is 37.3 Å². The molecular weight excluding hydrogens is 264 g/mol. The molecule has 1 aliphatic rings. The molecule has 2 atom stereocenters. The molecule has 1 saturated heterocycles. The largest absolute Gasteiger partial charge is 0.310 e. The molecule has 0 saturated carbocycles. The maximum absolute atomic E-state index is 3.80. The molecule has 112 valence electrons. The van der Waals surface area contributed by atoms with E-state index in [1.165, 1.54) is 43.0 Å². The topological polar surface area (TPSA) is 15.3 Å². The summed E-state index contributed by atoms with van der Waals surface area (Å²) in [6, 6.07) is 12.1. The van der Waals surface area contributed by atoms with Crippen molar-refractivity contribution in [2.45, 2.75) is 45.3 Å². The van der Waals surface area contributed by atoms with Crippen LogP contribution < -0.4 is 5.32 Å². The van der Waals surface area contributed by atoms with E-state index in [2.05, 4.69) is 54.4 Å². The van der Waals surface area contributed by atoms with Crippen LogP contribution in [0.15, 0.2) is 30.3 Å². The number of hydrogen-bond acceptors (Lipinski definition) is 3. The molecule has 0 amide bonds. The third kappa shape index (κ3) is 5.47. The number of likely N-dealkylation sites (tertiary alicyclic amines) is 1. The van der Waals surface area contributed by atoms with E-state index in [0.29, 0.717) is 12.1 Å². The van der Waals surface area contributed by atoms with Gasteiger partial charge in [0, 0.05) is 31.7 Å². The lowest BCUT2D eigenvalue weighted by Crippen LogP contribution is -2.38. The van der Waals surface area contributed by atoms with Crippen molar-refractivity contribution in [2.24, 2.45) is 0 Å². The number of thioether (sulfide) groups is 1. The zero-order chi connectivity index (χ0) is 14.2. The highest BCUT2D eigenvalue weighted by molar-refractivity contribution is 7.99. The number of rotatable bonds is 8. The molecule has 2 nitrogen and oxygen atoms in total. The minimum atomic E-state index is 0.649. The summed E-state index contributed by atoms with van der Waals surface area (Å²) >= 11 is 2.05. The lowest BCUT2D eigenvalue weighted by molar-refractivity contribution is 0.315. The average molecular weight is 292 g/mol. The SMILES string of the molecule is CCSCCC(C)NC1CCN(Cc2ccccc2)C1. The Morgan fingerprint density at radius 1 is 1.35 bits per heavy atom. The van der Waals surface area contributed by atoms with Gasteiger partial charge in [0.15, 0.2) is 0 Å². The monoisotopic (exact) mass is 292 g/mol. The van der Waals surface area contributed by atoms with Crippen LogP contribution in [0.4, 0.5) is 0 Å². The summed E-state index contributed by atoms with van der Waals surface area (Å²) in [4.78, 5) is 2.57. The second-order valence-corrected chi connectivity index (χ2v) is 7.15. The number of hydrogen-bond donors (Lipinski definition) is 1. The summed E-state index contributed by atoms with van der Waals surface area (Å²) in [5, 5.41) is 3.80. The summed E-state index contributed by atoms with van der Waals surface area (Å²) in [5.41, 5.74) is 1.43. The lowest BCUT2D eigenvalue weighted by Gasteiger charge is -2.20. The molecule has 1 aliphatic heterocycles. The second kappa shape index (κ2) is 8.71. The van der Waals surface area contributed by atoms with Crippen molar-refractivity contribution in [1.82, 2.24) is 10.2 Å². The molecule has 0 spiro atoms. The number of nitrogens with zero attached hydrogens (tertiary/aromatic N) is 1. The molecular formula is C17H28N2S. The Balaban J connectivity index is 1.67. The summed E-state index contributed by atoms with van der Waals surface area (Å²) in [6.07, 6.45) is 2.58. The number of benzene rings is 1. The molecule has 3 heteroatoms. The van der Waals surface area contributed by atoms with Gasteiger partial charge in [0.25, 0.3) is 0 Å². The van der Waals surface area contributed by atoms with Gasteiger partial charge >= 0.3 is 0 Å². The quantitative estimate of drug-likeness (QED) is 0.740. The van der Waals surface area contributed by atoms with Crippen molar-refractivity contribution in [3.8, 4) is 0 Å². The first-order valence-electron chi connectivity index (χ1n) is 7.88. The van der Waals surface area contributed by atoms with Crippen LogP contribution in [0.25, 0.3) is 0 Å². The van der Waals surface area contributed by atoms with E-state index in [1.54, 1.807) is 0 Å². The van der Waals surface area contributed by atoms with Crippen LogP contribution in [0, 0.1) is 0 Å². The molecule has 1 aromatic carbocycles. The fourth-order valence-electron chi connectivity index (χ4n) is 2.84. The van der Waals surface area contributed by atoms with Crippen molar-refractivity contribution in [2.75, 3.05) is 24.6 Å². The van der Waals surface area contributed by atoms with Crippen LogP contribution >= 0.6 is 11.8 Å². The molecule has 0 aliphatic carbocycles. The highest BCUT2D eigenvalue weighted by Gasteiger charge is 2.23. The van der Waals surface area contributed by atoms with Gasteiger partial charge in [-0.15, -0.1) is 0 Å². The van der Waals surface area contributed by atoms with Gasteiger partial charge in [0.1, 0.15) is 0 Å². The van der Waals surface area contributed by atoms with Gasteiger partial charge in [0.2, 0.25) is 0 Å². The van der Waals surface area contributed by atoms with Crippen LogP contribution in [0.1, 0.15) is 32.3 Å². The zero-order valence-corrected chi connectivity index (χ0v) is 13.7. The van der Waals surface area contributed by atoms with Gasteiger partial charge in [0.05, 0.1) is 0 Å². The van der Waals surface area contributed by atoms with E-state index >= 15 is 0 Å². The highest BCUT2D eigenvalue weighted by atomic mass is 32.2. The zero-order valence-electron chi connectivity index (χ0n) is 12.8. The predicted octanol–water partition coefficient (Wildman–Crippen LogP) is 3.38. The van der Waals surface area contributed by atoms with Crippen LogP contribution in [0.3, 0.4) is 0 Å². The molecule has 0 bridgehead atoms. The Morgan fingerprint density at radius 3 is 2.90 bits per heavy atom. The summed E-state index contributed by atoms with van der Waals surface area (Å²) in [7, 11) is 0. The maximum atomic E-state index is 3.80. The average Bonchev–Trinajstić information content (AvgIpc) is 2.87. The van der Waals surface area contributed by atoms with Crippen molar-refractivity contribution >= 4 is 11.8 Å². The fourth-order valence-corrected chi connectivity index (χ4v) is 3.65. The Labute approximate surface area is 128 Å². The Morgan fingerprint density at radius 2 is 2.15 bits per heavy atom. The van der Waals surface area contributed by atoms with Crippen LogP contribution in [-0.4, -0.2) is 41.6 Å². The van der Waals surface area contributed by atoms with Crippen molar-refractivity contribution < 1.29 is 0 Å². The molecule has 1 heterocycles. The molecule has 2 unspecified atom stereocenters. The molecule has 20 heavy (non-hydrogen) atoms. The first-order valence-corrected chi connectivity index (χ1v) is 9.03. The predicted molar refractivity (Wildman–Crippen MR) is 90.3 cm³/mol. The first-order chi connectivity index (χ1) is 9.78. The van der Waals surface area contributed by atoms with Crippen LogP contribution in [-0.2, 0) is 6.54 Å². The smallest absolute Gasteiger partial charge is 0.0234 e. The van der Waals surface area contributed by atoms with E-state index in [-0.39, 0.29) is 0 Å². The minimum Gasteiger partial charge on any atom is -0.310 e. The van der Waals surface area contributed by atoms with Gasteiger partial charge < -0.3 is 5.32 Å². The van der Waals surface area contributed by atoms with Crippen molar-refractivity contribution in [3.63, 3.8) is 0 Å². The summed E-state index contributed by atoms with van der Waals surface area (Å²) in [6.45, 7) is 8.08. The fraction of sp³-hybridized carbons (Fsp3) is 0.647. The third-order valence-electron chi connectivity index (χ3n) is 3.94. The van der Waals surface area contributed by atoms with Gasteiger partial charge in [-0.05, 0) is 36.8 Å². The van der Waals surface area contributed by atoms with Crippen molar-refractivity contribution in [1.29, 1.82) is 0 Å². The van der Waals surface area contributed by atoms with E-state index < -0.39 is 0 Å². The van der Waals surface area contributed by atoms with Crippen LogP contribution in [0.5, 0.6) is 0 Å². The standard InChI is InChI=1S/C17H28N2S/c1-3-20-12-10-15(2)18-17-9-11-19(14-17)13-16-7-5-4-6-8-16/h4-8,15,17-18H,3,9-14H2,1-2H3. The Hall–Kier alpha value is -0.510. The van der Waals surface area contributed by atoms with Crippen molar-refractivity contribution in [3.05, 3.63) is 35.9 Å². The van der Waals surface area contributed by atoms with E-state index in [1.807, 2.05) is 11.8 Å². The molecule has 1 N–H and O–H groups in total. The Bertz CT molecular complexity index is 369. The minimum absolute atomic E-state index is 0.649. The van der Waals surface area contributed by atoms with Gasteiger partial charge in [-0.25, -0.2) is 0 Å². The molecule has 1 aromatic rings. The van der Waals surface area contributed by atoms with Crippen LogP contribution in [0.2, 0.25) is 0 Å². The Kier molecular flexibility index (Phi) is 6.91. The number of nitrogens with one attached hydrogen (secondary N) is 1. The van der Waals surface area contributed by atoms with E-state index in [4.69, 9.17) is 0 Å². The van der Waals surface area contributed by atoms with E-state index in [0.717, 1.165) is 6.54 Å². The van der Waals surface area contributed by atoms with E-state index in [9.17, 15) is 0 Å². The molecule has 1 fully saturated rings. The normalized spacial score (nSPS) is 21.2. The first kappa shape index (κ1) is 15.9.